The second-order valence-electron chi connectivity index (χ2n) is 4.44. The van der Waals surface area contributed by atoms with Gasteiger partial charge in [-0.15, -0.1) is 0 Å². The Morgan fingerprint density at radius 1 is 1.33 bits per heavy atom. The van der Waals surface area contributed by atoms with Gasteiger partial charge in [-0.2, -0.15) is 5.26 Å². The van der Waals surface area contributed by atoms with Crippen LogP contribution in [0.5, 0.6) is 0 Å². The minimum absolute atomic E-state index is 0.0234. The smallest absolute Gasteiger partial charge is 0.154 e. The zero-order chi connectivity index (χ0) is 13.2. The molecule has 0 saturated carbocycles. The molecule has 1 aromatic carbocycles. The van der Waals surface area contributed by atoms with Crippen LogP contribution in [-0.2, 0) is 16.4 Å². The minimum atomic E-state index is -3.12. The molecular formula is C12H14N2O3S. The van der Waals surface area contributed by atoms with Gasteiger partial charge in [0.1, 0.15) is 0 Å². The molecule has 0 radical (unpaired) electrons. The van der Waals surface area contributed by atoms with E-state index in [0.29, 0.717) is 12.1 Å². The van der Waals surface area contributed by atoms with Gasteiger partial charge in [-0.3, -0.25) is 0 Å². The molecule has 1 aliphatic heterocycles. The first-order chi connectivity index (χ1) is 8.50. The average molecular weight is 266 g/mol. The van der Waals surface area contributed by atoms with Crippen LogP contribution in [0, 0.1) is 11.3 Å². The first kappa shape index (κ1) is 13.0. The molecule has 2 unspecified atom stereocenters. The minimum Gasteiger partial charge on any atom is -0.390 e. The summed E-state index contributed by atoms with van der Waals surface area (Å²) >= 11 is 0. The lowest BCUT2D eigenvalue weighted by atomic mass is 10.1. The number of nitrogens with one attached hydrogen (secondary N) is 1. The highest BCUT2D eigenvalue weighted by Gasteiger charge is 2.35. The Kier molecular flexibility index (Phi) is 3.66. The summed E-state index contributed by atoms with van der Waals surface area (Å²) in [5.74, 6) is -0.192. The molecule has 0 bridgehead atoms. The lowest BCUT2D eigenvalue weighted by molar-refractivity contribution is 0.165. The van der Waals surface area contributed by atoms with Gasteiger partial charge < -0.3 is 10.4 Å². The number of rotatable bonds is 3. The lowest BCUT2D eigenvalue weighted by Gasteiger charge is -2.14. The van der Waals surface area contributed by atoms with E-state index in [-0.39, 0.29) is 11.5 Å². The number of aliphatic hydroxyl groups excluding tert-OH is 1. The Balaban J connectivity index is 1.94. The standard InChI is InChI=1S/C12H14N2O3S/c13-5-9-1-3-10(4-2-9)6-14-11-7-18(16,17)8-12(11)15/h1-4,11-12,14-15H,6-8H2. The van der Waals surface area contributed by atoms with Crippen LogP contribution in [0.2, 0.25) is 0 Å². The maximum absolute atomic E-state index is 11.3. The topological polar surface area (TPSA) is 90.2 Å². The summed E-state index contributed by atoms with van der Waals surface area (Å²) in [6.07, 6.45) is -0.839. The molecule has 0 aliphatic carbocycles. The highest BCUT2D eigenvalue weighted by Crippen LogP contribution is 2.13. The van der Waals surface area contributed by atoms with Gasteiger partial charge in [-0.05, 0) is 17.7 Å². The average Bonchev–Trinajstić information content (AvgIpc) is 2.60. The quantitative estimate of drug-likeness (QED) is 0.791. The number of sulfone groups is 1. The summed E-state index contributed by atoms with van der Waals surface area (Å²) in [4.78, 5) is 0. The Bertz CT molecular complexity index is 560. The van der Waals surface area contributed by atoms with Crippen LogP contribution in [0.4, 0.5) is 0 Å². The van der Waals surface area contributed by atoms with E-state index < -0.39 is 22.0 Å². The third kappa shape index (κ3) is 3.07. The van der Waals surface area contributed by atoms with Crippen molar-refractivity contribution in [2.24, 2.45) is 0 Å². The van der Waals surface area contributed by atoms with Crippen LogP contribution >= 0.6 is 0 Å². The maximum Gasteiger partial charge on any atom is 0.154 e. The summed E-state index contributed by atoms with van der Waals surface area (Å²) in [5, 5.41) is 21.3. The summed E-state index contributed by atoms with van der Waals surface area (Å²) in [7, 11) is -3.12. The van der Waals surface area contributed by atoms with Crippen molar-refractivity contribution in [3.63, 3.8) is 0 Å². The number of hydrogen-bond donors (Lipinski definition) is 2. The normalized spacial score (nSPS) is 25.8. The van der Waals surface area contributed by atoms with E-state index in [4.69, 9.17) is 5.26 Å². The Morgan fingerprint density at radius 2 is 2.00 bits per heavy atom. The van der Waals surface area contributed by atoms with Crippen LogP contribution in [0.15, 0.2) is 24.3 Å². The Morgan fingerprint density at radius 3 is 2.50 bits per heavy atom. The van der Waals surface area contributed by atoms with Crippen molar-refractivity contribution in [3.8, 4) is 6.07 Å². The van der Waals surface area contributed by atoms with Crippen molar-refractivity contribution in [2.75, 3.05) is 11.5 Å². The Labute approximate surface area is 106 Å². The van der Waals surface area contributed by atoms with Gasteiger partial charge in [0.05, 0.1) is 29.2 Å². The highest BCUT2D eigenvalue weighted by atomic mass is 32.2. The molecule has 5 nitrogen and oxygen atoms in total. The van der Waals surface area contributed by atoms with Crippen LogP contribution in [-0.4, -0.2) is 37.2 Å². The Hall–Kier alpha value is -1.42. The maximum atomic E-state index is 11.3. The van der Waals surface area contributed by atoms with E-state index >= 15 is 0 Å². The van der Waals surface area contributed by atoms with Crippen LogP contribution in [0.25, 0.3) is 0 Å². The van der Waals surface area contributed by atoms with Crippen molar-refractivity contribution in [3.05, 3.63) is 35.4 Å². The predicted octanol–water partition coefficient (Wildman–Crippen LogP) is -0.194. The molecule has 2 N–H and O–H groups in total. The van der Waals surface area contributed by atoms with Crippen LogP contribution in [0.1, 0.15) is 11.1 Å². The second-order valence-corrected chi connectivity index (χ2v) is 6.59. The van der Waals surface area contributed by atoms with E-state index in [2.05, 4.69) is 5.32 Å². The largest absolute Gasteiger partial charge is 0.390 e. The van der Waals surface area contributed by atoms with Gasteiger partial charge in [0, 0.05) is 12.6 Å². The number of aliphatic hydroxyl groups is 1. The molecule has 1 saturated heterocycles. The molecule has 6 heteroatoms. The summed E-state index contributed by atoms with van der Waals surface area (Å²) in [6.45, 7) is 0.475. The summed E-state index contributed by atoms with van der Waals surface area (Å²) < 4.78 is 22.6. The van der Waals surface area contributed by atoms with Crippen molar-refractivity contribution < 1.29 is 13.5 Å². The van der Waals surface area contributed by atoms with Crippen molar-refractivity contribution in [1.82, 2.24) is 5.32 Å². The fraction of sp³-hybridized carbons (Fsp3) is 0.417. The molecule has 96 valence electrons. The van der Waals surface area contributed by atoms with Crippen LogP contribution < -0.4 is 5.32 Å². The summed E-state index contributed by atoms with van der Waals surface area (Å²) in [6, 6.07) is 8.65. The van der Waals surface area contributed by atoms with E-state index in [1.165, 1.54) is 0 Å². The highest BCUT2D eigenvalue weighted by molar-refractivity contribution is 7.91. The first-order valence-corrected chi connectivity index (χ1v) is 7.43. The van der Waals surface area contributed by atoms with Crippen molar-refractivity contribution >= 4 is 9.84 Å². The predicted molar refractivity (Wildman–Crippen MR) is 66.4 cm³/mol. The van der Waals surface area contributed by atoms with E-state index in [1.807, 2.05) is 6.07 Å². The zero-order valence-electron chi connectivity index (χ0n) is 9.70. The van der Waals surface area contributed by atoms with Gasteiger partial charge in [-0.1, -0.05) is 12.1 Å². The number of nitriles is 1. The lowest BCUT2D eigenvalue weighted by Crippen LogP contribution is -2.38. The first-order valence-electron chi connectivity index (χ1n) is 5.61. The van der Waals surface area contributed by atoms with Gasteiger partial charge in [-0.25, -0.2) is 8.42 Å². The van der Waals surface area contributed by atoms with Crippen molar-refractivity contribution in [1.29, 1.82) is 5.26 Å². The second kappa shape index (κ2) is 5.06. The molecule has 0 aromatic heterocycles. The monoisotopic (exact) mass is 266 g/mol. The molecule has 2 rings (SSSR count). The molecule has 0 amide bonds. The van der Waals surface area contributed by atoms with Gasteiger partial charge in [0.25, 0.3) is 0 Å². The summed E-state index contributed by atoms with van der Waals surface area (Å²) in [5.41, 5.74) is 1.53. The molecule has 1 fully saturated rings. The fourth-order valence-electron chi connectivity index (χ4n) is 1.97. The van der Waals surface area contributed by atoms with E-state index in [9.17, 15) is 13.5 Å². The third-order valence-electron chi connectivity index (χ3n) is 2.97. The van der Waals surface area contributed by atoms with E-state index in [0.717, 1.165) is 5.56 Å². The molecule has 18 heavy (non-hydrogen) atoms. The third-order valence-corrected chi connectivity index (χ3v) is 4.69. The van der Waals surface area contributed by atoms with Crippen molar-refractivity contribution in [2.45, 2.75) is 18.7 Å². The fourth-order valence-corrected chi connectivity index (χ4v) is 3.75. The number of benzene rings is 1. The molecule has 1 aliphatic rings. The van der Waals surface area contributed by atoms with Gasteiger partial charge in [0.15, 0.2) is 9.84 Å². The van der Waals surface area contributed by atoms with E-state index in [1.54, 1.807) is 24.3 Å². The van der Waals surface area contributed by atoms with Crippen LogP contribution in [0.3, 0.4) is 0 Å². The zero-order valence-corrected chi connectivity index (χ0v) is 10.5. The number of hydrogen-bond acceptors (Lipinski definition) is 5. The van der Waals surface area contributed by atoms with Gasteiger partial charge in [0.2, 0.25) is 0 Å². The SMILES string of the molecule is N#Cc1ccc(CNC2CS(=O)(=O)CC2O)cc1. The molecular weight excluding hydrogens is 252 g/mol. The molecule has 1 aromatic rings. The molecule has 0 spiro atoms. The molecule has 1 heterocycles. The molecule has 2 atom stereocenters. The number of nitrogens with zero attached hydrogens (tertiary/aromatic N) is 1. The van der Waals surface area contributed by atoms with Gasteiger partial charge >= 0.3 is 0 Å².